The first kappa shape index (κ1) is 19.4. The normalized spacial score (nSPS) is 15.3. The number of phenols is 1. The third-order valence-corrected chi connectivity index (χ3v) is 5.18. The molecule has 1 aromatic heterocycles. The Morgan fingerprint density at radius 3 is 2.81 bits per heavy atom. The lowest BCUT2D eigenvalue weighted by molar-refractivity contribution is -0.130. The van der Waals surface area contributed by atoms with Crippen molar-refractivity contribution in [1.29, 1.82) is 0 Å². The summed E-state index contributed by atoms with van der Waals surface area (Å²) in [5, 5.41) is 14.2. The Balaban J connectivity index is 1.60. The van der Waals surface area contributed by atoms with E-state index >= 15 is 0 Å². The smallest absolute Gasteiger partial charge is 0.336 e. The molecule has 6 nitrogen and oxygen atoms in total. The molecule has 27 heavy (non-hydrogen) atoms. The van der Waals surface area contributed by atoms with Crippen LogP contribution in [0.3, 0.4) is 0 Å². The predicted octanol–water partition coefficient (Wildman–Crippen LogP) is 2.94. The second kappa shape index (κ2) is 9.04. The number of nitrogens with zero attached hydrogens (tertiary/aromatic N) is 1. The number of phenolic OH excluding ortho intramolecular Hbond substituents is 1. The van der Waals surface area contributed by atoms with E-state index in [0.29, 0.717) is 25.0 Å². The van der Waals surface area contributed by atoms with Crippen LogP contribution in [-0.4, -0.2) is 35.5 Å². The molecule has 6 heteroatoms. The summed E-state index contributed by atoms with van der Waals surface area (Å²) in [4.78, 5) is 25.8. The molecule has 2 heterocycles. The highest BCUT2D eigenvalue weighted by Crippen LogP contribution is 2.26. The lowest BCUT2D eigenvalue weighted by atomic mass is 10.0. The summed E-state index contributed by atoms with van der Waals surface area (Å²) in [6.45, 7) is 4.93. The van der Waals surface area contributed by atoms with E-state index in [9.17, 15) is 14.7 Å². The van der Waals surface area contributed by atoms with Gasteiger partial charge in [0.2, 0.25) is 5.91 Å². The summed E-state index contributed by atoms with van der Waals surface area (Å²) in [5.41, 5.74) is 1.68. The number of nitrogens with one attached hydrogen (secondary N) is 1. The summed E-state index contributed by atoms with van der Waals surface area (Å²) in [6, 6.07) is 4.91. The first-order chi connectivity index (χ1) is 13.1. The van der Waals surface area contributed by atoms with Gasteiger partial charge >= 0.3 is 5.63 Å². The van der Waals surface area contributed by atoms with E-state index in [2.05, 4.69) is 5.32 Å². The average Bonchev–Trinajstić information content (AvgIpc) is 2.85. The molecule has 146 valence electrons. The number of rotatable bonds is 7. The molecule has 1 aromatic carbocycles. The molecular formula is C21H28N2O4. The Morgan fingerprint density at radius 2 is 2.00 bits per heavy atom. The van der Waals surface area contributed by atoms with Gasteiger partial charge in [0.25, 0.3) is 0 Å². The molecule has 2 aromatic rings. The Labute approximate surface area is 159 Å². The van der Waals surface area contributed by atoms with E-state index in [1.165, 1.54) is 12.1 Å². The van der Waals surface area contributed by atoms with E-state index in [1.807, 2.05) is 17.9 Å². The fraction of sp³-hybridized carbons (Fsp3) is 0.524. The lowest BCUT2D eigenvalue weighted by Crippen LogP contribution is -2.32. The maximum Gasteiger partial charge on any atom is 0.336 e. The summed E-state index contributed by atoms with van der Waals surface area (Å²) < 4.78 is 5.23. The maximum absolute atomic E-state index is 12.0. The molecule has 1 fully saturated rings. The molecule has 0 atom stereocenters. The third-order valence-electron chi connectivity index (χ3n) is 5.18. The molecule has 1 aliphatic rings. The molecule has 0 spiro atoms. The highest BCUT2D eigenvalue weighted by Gasteiger charge is 2.15. The number of aromatic hydroxyl groups is 1. The van der Waals surface area contributed by atoms with Crippen molar-refractivity contribution >= 4 is 16.9 Å². The number of amides is 1. The molecule has 0 radical (unpaired) electrons. The number of aryl methyl sites for hydroxylation is 1. The molecule has 0 unspecified atom stereocenters. The van der Waals surface area contributed by atoms with Crippen LogP contribution >= 0.6 is 0 Å². The Morgan fingerprint density at radius 1 is 1.15 bits per heavy atom. The molecule has 0 saturated carbocycles. The van der Waals surface area contributed by atoms with Crippen molar-refractivity contribution in [3.8, 4) is 5.75 Å². The van der Waals surface area contributed by atoms with E-state index in [0.717, 1.165) is 61.8 Å². The van der Waals surface area contributed by atoms with Crippen LogP contribution in [0.25, 0.3) is 11.0 Å². The monoisotopic (exact) mass is 372 g/mol. The lowest BCUT2D eigenvalue weighted by Gasteiger charge is -2.20. The maximum atomic E-state index is 12.0. The second-order valence-corrected chi connectivity index (χ2v) is 7.14. The zero-order chi connectivity index (χ0) is 19.2. The Hall–Kier alpha value is -2.34. The minimum absolute atomic E-state index is 0.153. The van der Waals surface area contributed by atoms with Gasteiger partial charge in [0.15, 0.2) is 0 Å². The van der Waals surface area contributed by atoms with Crippen molar-refractivity contribution < 1.29 is 14.3 Å². The van der Waals surface area contributed by atoms with E-state index in [-0.39, 0.29) is 11.7 Å². The van der Waals surface area contributed by atoms with Crippen LogP contribution in [0.15, 0.2) is 27.4 Å². The molecule has 1 aliphatic heterocycles. The van der Waals surface area contributed by atoms with Gasteiger partial charge in [0, 0.05) is 43.6 Å². The van der Waals surface area contributed by atoms with Crippen molar-refractivity contribution in [3.63, 3.8) is 0 Å². The first-order valence-electron chi connectivity index (χ1n) is 9.85. The number of carbonyl (C=O) groups excluding carboxylic acids is 1. The number of hydrogen-bond donors (Lipinski definition) is 2. The SMILES string of the molecule is CCc1cc2c(CNCCCN3CCCCCC3=O)cc(=O)oc2cc1O. The summed E-state index contributed by atoms with van der Waals surface area (Å²) in [6.07, 6.45) is 5.50. The summed E-state index contributed by atoms with van der Waals surface area (Å²) in [7, 11) is 0. The average molecular weight is 372 g/mol. The van der Waals surface area contributed by atoms with Crippen molar-refractivity contribution in [2.24, 2.45) is 0 Å². The third kappa shape index (κ3) is 4.89. The van der Waals surface area contributed by atoms with Crippen LogP contribution in [0.1, 0.15) is 50.2 Å². The van der Waals surface area contributed by atoms with Gasteiger partial charge in [-0.25, -0.2) is 4.79 Å². The van der Waals surface area contributed by atoms with Crippen molar-refractivity contribution in [3.05, 3.63) is 39.7 Å². The van der Waals surface area contributed by atoms with Crippen molar-refractivity contribution in [2.45, 2.75) is 52.0 Å². The second-order valence-electron chi connectivity index (χ2n) is 7.14. The number of carbonyl (C=O) groups is 1. The number of hydrogen-bond acceptors (Lipinski definition) is 5. The largest absolute Gasteiger partial charge is 0.508 e. The quantitative estimate of drug-likeness (QED) is 0.577. The first-order valence-corrected chi connectivity index (χ1v) is 9.85. The minimum Gasteiger partial charge on any atom is -0.508 e. The zero-order valence-electron chi connectivity index (χ0n) is 15.9. The van der Waals surface area contributed by atoms with Gasteiger partial charge in [0.05, 0.1) is 0 Å². The molecule has 2 N–H and O–H groups in total. The fourth-order valence-electron chi connectivity index (χ4n) is 3.63. The van der Waals surface area contributed by atoms with Crippen LogP contribution in [-0.2, 0) is 17.8 Å². The topological polar surface area (TPSA) is 82.8 Å². The Kier molecular flexibility index (Phi) is 6.50. The molecular weight excluding hydrogens is 344 g/mol. The van der Waals surface area contributed by atoms with Crippen LogP contribution < -0.4 is 10.9 Å². The van der Waals surface area contributed by atoms with Crippen LogP contribution in [0.5, 0.6) is 5.75 Å². The van der Waals surface area contributed by atoms with Crippen LogP contribution in [0.4, 0.5) is 0 Å². The van der Waals surface area contributed by atoms with Gasteiger partial charge in [-0.05, 0) is 49.4 Å². The van der Waals surface area contributed by atoms with Crippen LogP contribution in [0.2, 0.25) is 0 Å². The van der Waals surface area contributed by atoms with Crippen molar-refractivity contribution in [1.82, 2.24) is 10.2 Å². The summed E-state index contributed by atoms with van der Waals surface area (Å²) in [5.74, 6) is 0.423. The minimum atomic E-state index is -0.418. The van der Waals surface area contributed by atoms with E-state index < -0.39 is 5.63 Å². The standard InChI is InChI=1S/C21H28N2O4/c1-2-15-11-17-16(12-21(26)27-19(17)13-18(15)24)14-22-8-6-10-23-9-5-3-4-7-20(23)25/h11-13,22,24H,2-10,14H2,1H3. The number of fused-ring (bicyclic) bond motifs is 1. The number of likely N-dealkylation sites (tertiary alicyclic amines) is 1. The van der Waals surface area contributed by atoms with Gasteiger partial charge in [0.1, 0.15) is 11.3 Å². The molecule has 0 aliphatic carbocycles. The van der Waals surface area contributed by atoms with E-state index in [1.54, 1.807) is 0 Å². The van der Waals surface area contributed by atoms with Gasteiger partial charge in [-0.3, -0.25) is 4.79 Å². The molecule has 1 saturated heterocycles. The van der Waals surface area contributed by atoms with Gasteiger partial charge in [-0.15, -0.1) is 0 Å². The van der Waals surface area contributed by atoms with Gasteiger partial charge in [-0.2, -0.15) is 0 Å². The predicted molar refractivity (Wildman–Crippen MR) is 105 cm³/mol. The molecule has 0 bridgehead atoms. The fourth-order valence-corrected chi connectivity index (χ4v) is 3.63. The molecule has 1 amide bonds. The van der Waals surface area contributed by atoms with Gasteiger partial charge in [-0.1, -0.05) is 13.3 Å². The van der Waals surface area contributed by atoms with Crippen LogP contribution in [0, 0.1) is 0 Å². The highest BCUT2D eigenvalue weighted by atomic mass is 16.4. The number of benzene rings is 1. The zero-order valence-corrected chi connectivity index (χ0v) is 15.9. The van der Waals surface area contributed by atoms with E-state index in [4.69, 9.17) is 4.42 Å². The summed E-state index contributed by atoms with van der Waals surface area (Å²) >= 11 is 0. The van der Waals surface area contributed by atoms with Crippen molar-refractivity contribution in [2.75, 3.05) is 19.6 Å². The molecule has 3 rings (SSSR count). The Bertz CT molecular complexity index is 859. The highest BCUT2D eigenvalue weighted by molar-refractivity contribution is 5.82. The van der Waals surface area contributed by atoms with Gasteiger partial charge < -0.3 is 19.7 Å².